The Morgan fingerprint density at radius 3 is 2.33 bits per heavy atom. The summed E-state index contributed by atoms with van der Waals surface area (Å²) in [7, 11) is -4.64. The highest BCUT2D eigenvalue weighted by Gasteiger charge is 2.34. The van der Waals surface area contributed by atoms with Gasteiger partial charge in [0.25, 0.3) is 10.0 Å². The Balaban J connectivity index is 0.000000403. The fraction of sp³-hybridized carbons (Fsp3) is 0.235. The summed E-state index contributed by atoms with van der Waals surface area (Å²) in [5, 5.41) is 9.24. The average Bonchev–Trinajstić information content (AvgIpc) is 3.85. The van der Waals surface area contributed by atoms with E-state index in [0.29, 0.717) is 34.3 Å². The lowest BCUT2D eigenvalue weighted by atomic mass is 9.97. The smallest absolute Gasteiger partial charge is 0.335 e. The number of aromatic nitrogens is 3. The van der Waals surface area contributed by atoms with Gasteiger partial charge in [0.1, 0.15) is 16.5 Å². The van der Waals surface area contributed by atoms with Crippen molar-refractivity contribution in [2.24, 2.45) is 0 Å². The molecule has 7 rings (SSSR count). The highest BCUT2D eigenvalue weighted by molar-refractivity contribution is 7.92. The van der Waals surface area contributed by atoms with Gasteiger partial charge in [0.2, 0.25) is 5.28 Å². The van der Waals surface area contributed by atoms with Gasteiger partial charge in [0.15, 0.2) is 5.82 Å². The predicted molar refractivity (Wildman–Crippen MR) is 181 cm³/mol. The Bertz CT molecular complexity index is 2090. The summed E-state index contributed by atoms with van der Waals surface area (Å²) in [5.74, 6) is -3.71. The molecule has 2 aliphatic rings. The zero-order chi connectivity index (χ0) is 34.7. The minimum atomic E-state index is -4.64. The van der Waals surface area contributed by atoms with E-state index in [1.807, 2.05) is 0 Å². The largest absolute Gasteiger partial charge is 0.478 e. The molecule has 49 heavy (non-hydrogen) atoms. The van der Waals surface area contributed by atoms with Gasteiger partial charge in [-0.15, -0.1) is 11.3 Å². The predicted octanol–water partition coefficient (Wildman–Crippen LogP) is 7.87. The minimum absolute atomic E-state index is 0.0234. The molecule has 9 nitrogen and oxygen atoms in total. The number of nitrogens with zero attached hydrogens (tertiary/aromatic N) is 4. The van der Waals surface area contributed by atoms with Crippen LogP contribution in [0, 0.1) is 17.5 Å². The van der Waals surface area contributed by atoms with E-state index < -0.39 is 44.0 Å². The molecule has 0 amide bonds. The first-order valence-corrected chi connectivity index (χ1v) is 18.0. The number of anilines is 1. The quantitative estimate of drug-likeness (QED) is 0.155. The normalized spacial score (nSPS) is 15.3. The summed E-state index contributed by atoms with van der Waals surface area (Å²) < 4.78 is 71.6. The van der Waals surface area contributed by atoms with Crippen LogP contribution in [-0.4, -0.2) is 58.5 Å². The molecule has 0 bridgehead atoms. The van der Waals surface area contributed by atoms with Crippen LogP contribution in [0.25, 0.3) is 21.8 Å². The number of carboxylic acids is 1. The summed E-state index contributed by atoms with van der Waals surface area (Å²) in [4.78, 5) is 25.4. The maximum Gasteiger partial charge on any atom is 0.335 e. The second-order valence-electron chi connectivity index (χ2n) is 11.5. The fourth-order valence-corrected chi connectivity index (χ4v) is 8.05. The average molecular weight is 728 g/mol. The summed E-state index contributed by atoms with van der Waals surface area (Å²) in [6.45, 7) is 1.95. The number of piperidine rings is 1. The zero-order valence-electron chi connectivity index (χ0n) is 25.7. The highest BCUT2D eigenvalue weighted by atomic mass is 35.5. The Hall–Kier alpha value is -4.37. The van der Waals surface area contributed by atoms with Crippen molar-refractivity contribution < 1.29 is 31.5 Å². The summed E-state index contributed by atoms with van der Waals surface area (Å²) in [5.41, 5.74) is 0.677. The van der Waals surface area contributed by atoms with Gasteiger partial charge in [0.05, 0.1) is 32.5 Å². The van der Waals surface area contributed by atoms with E-state index in [0.717, 1.165) is 37.0 Å². The third-order valence-corrected chi connectivity index (χ3v) is 10.9. The number of halogens is 4. The second-order valence-corrected chi connectivity index (χ2v) is 14.5. The Labute approximate surface area is 289 Å². The summed E-state index contributed by atoms with van der Waals surface area (Å²) in [6, 6.07) is 16.8. The number of carbonyl (C=O) groups is 1. The number of aromatic carboxylic acids is 1. The number of hydrogen-bond acceptors (Lipinski definition) is 8. The van der Waals surface area contributed by atoms with E-state index in [-0.39, 0.29) is 22.5 Å². The van der Waals surface area contributed by atoms with Gasteiger partial charge in [-0.05, 0) is 98.9 Å². The first-order chi connectivity index (χ1) is 23.5. The first kappa shape index (κ1) is 34.5. The molecule has 1 aliphatic heterocycles. The maximum absolute atomic E-state index is 16.0. The zero-order valence-corrected chi connectivity index (χ0v) is 28.1. The molecule has 15 heteroatoms. The third kappa shape index (κ3) is 8.10. The van der Waals surface area contributed by atoms with E-state index >= 15 is 4.39 Å². The standard InChI is InChI=1S/C27H23ClF3N5O2S2.C7H6O2/c28-27-32-11-8-21(33-27)25-24(34-26(39-25)15-9-12-36(13-10-15)17-5-6-17)18-2-1-3-20(23(18)31)35-40(37,38)22-14-16(29)4-7-19(22)30;8-7(9)6-4-2-1-3-5-6/h1-4,7-8,11,14-15,17,35H,5-6,9-10,12-13H2;1-5H,(H,8,9). The van der Waals surface area contributed by atoms with Crippen molar-refractivity contribution in [2.75, 3.05) is 17.8 Å². The van der Waals surface area contributed by atoms with Crippen LogP contribution in [0.4, 0.5) is 18.9 Å². The first-order valence-electron chi connectivity index (χ1n) is 15.3. The van der Waals surface area contributed by atoms with E-state index in [9.17, 15) is 22.0 Å². The number of carboxylic acid groups (broad SMARTS) is 1. The van der Waals surface area contributed by atoms with Crippen LogP contribution < -0.4 is 4.72 Å². The number of benzene rings is 3. The van der Waals surface area contributed by atoms with Crippen molar-refractivity contribution >= 4 is 44.6 Å². The number of thiazole rings is 1. The van der Waals surface area contributed by atoms with Gasteiger partial charge in [-0.25, -0.2) is 41.3 Å². The van der Waals surface area contributed by atoms with Crippen LogP contribution in [0.1, 0.15) is 47.0 Å². The van der Waals surface area contributed by atoms with Gasteiger partial charge in [-0.2, -0.15) is 0 Å². The van der Waals surface area contributed by atoms with E-state index in [1.165, 1.54) is 48.6 Å². The fourth-order valence-electron chi connectivity index (χ4n) is 5.54. The lowest BCUT2D eigenvalue weighted by molar-refractivity contribution is 0.0697. The molecule has 1 saturated heterocycles. The molecule has 0 unspecified atom stereocenters. The molecule has 1 saturated carbocycles. The second kappa shape index (κ2) is 14.6. The molecule has 254 valence electrons. The molecule has 2 fully saturated rings. The van der Waals surface area contributed by atoms with Gasteiger partial charge < -0.3 is 10.0 Å². The number of hydrogen-bond donors (Lipinski definition) is 2. The maximum atomic E-state index is 16.0. The number of rotatable bonds is 8. The van der Waals surface area contributed by atoms with Gasteiger partial charge in [-0.3, -0.25) is 4.72 Å². The monoisotopic (exact) mass is 727 g/mol. The molecule has 5 aromatic rings. The van der Waals surface area contributed by atoms with Crippen LogP contribution in [0.3, 0.4) is 0 Å². The van der Waals surface area contributed by atoms with Crippen LogP contribution >= 0.6 is 22.9 Å². The SMILES string of the molecule is O=C(O)c1ccccc1.O=S(=O)(Nc1cccc(-c2nc(C3CCN(C4CC4)CC3)sc2-c2ccnc(Cl)n2)c1F)c1cc(F)ccc1F. The number of sulfonamides is 1. The number of likely N-dealkylation sites (tertiary alicyclic amines) is 1. The Morgan fingerprint density at radius 2 is 1.67 bits per heavy atom. The molecular weight excluding hydrogens is 699 g/mol. The molecule has 2 aromatic heterocycles. The van der Waals surface area contributed by atoms with Crippen LogP contribution in [0.2, 0.25) is 5.28 Å². The van der Waals surface area contributed by atoms with Crippen LogP contribution in [0.15, 0.2) is 83.9 Å². The Kier molecular flexibility index (Phi) is 10.3. The van der Waals surface area contributed by atoms with E-state index in [2.05, 4.69) is 19.6 Å². The van der Waals surface area contributed by atoms with Crippen molar-refractivity contribution in [3.05, 3.63) is 112 Å². The van der Waals surface area contributed by atoms with Gasteiger partial charge >= 0.3 is 5.97 Å². The van der Waals surface area contributed by atoms with Crippen molar-refractivity contribution in [3.8, 4) is 21.8 Å². The lowest BCUT2D eigenvalue weighted by Crippen LogP contribution is -2.34. The molecule has 2 N–H and O–H groups in total. The number of nitrogens with one attached hydrogen (secondary N) is 1. The molecule has 0 atom stereocenters. The van der Waals surface area contributed by atoms with E-state index in [4.69, 9.17) is 21.7 Å². The summed E-state index contributed by atoms with van der Waals surface area (Å²) >= 11 is 7.46. The lowest BCUT2D eigenvalue weighted by Gasteiger charge is -2.30. The molecule has 0 radical (unpaired) electrons. The Morgan fingerprint density at radius 1 is 0.939 bits per heavy atom. The van der Waals surface area contributed by atoms with E-state index in [1.54, 1.807) is 36.4 Å². The minimum Gasteiger partial charge on any atom is -0.478 e. The van der Waals surface area contributed by atoms with Crippen molar-refractivity contribution in [1.29, 1.82) is 0 Å². The molecule has 3 heterocycles. The van der Waals surface area contributed by atoms with Crippen molar-refractivity contribution in [2.45, 2.75) is 42.5 Å². The topological polar surface area (TPSA) is 125 Å². The highest BCUT2D eigenvalue weighted by Crippen LogP contribution is 2.43. The van der Waals surface area contributed by atoms with Crippen molar-refractivity contribution in [3.63, 3.8) is 0 Å². The van der Waals surface area contributed by atoms with Gasteiger partial charge in [0, 0.05) is 23.7 Å². The molecular formula is C34H29ClF3N5O4S2. The molecule has 3 aromatic carbocycles. The van der Waals surface area contributed by atoms with Crippen LogP contribution in [0.5, 0.6) is 0 Å². The summed E-state index contributed by atoms with van der Waals surface area (Å²) in [6.07, 6.45) is 5.84. The third-order valence-electron chi connectivity index (χ3n) is 8.15. The van der Waals surface area contributed by atoms with Gasteiger partial charge in [-0.1, -0.05) is 24.3 Å². The van der Waals surface area contributed by atoms with Crippen LogP contribution in [-0.2, 0) is 10.0 Å². The molecule has 1 aliphatic carbocycles. The molecule has 0 spiro atoms. The van der Waals surface area contributed by atoms with Crippen molar-refractivity contribution in [1.82, 2.24) is 19.9 Å².